The number of rotatable bonds is 3. The highest BCUT2D eigenvalue weighted by Crippen LogP contribution is 2.20. The van der Waals surface area contributed by atoms with Gasteiger partial charge in [-0.05, 0) is 5.92 Å². The van der Waals surface area contributed by atoms with Crippen LogP contribution in [-0.2, 0) is 23.7 Å². The molecule has 2 aliphatic heterocycles. The van der Waals surface area contributed by atoms with Crippen LogP contribution in [-0.4, -0.2) is 30.7 Å². The molecule has 110 valence electrons. The molecular formula is C11H18ClNO6. The quantitative estimate of drug-likeness (QED) is 0.805. The zero-order chi connectivity index (χ0) is 13.5. The summed E-state index contributed by atoms with van der Waals surface area (Å²) < 4.78 is 19.6. The van der Waals surface area contributed by atoms with Crippen LogP contribution in [0.15, 0.2) is 24.0 Å². The van der Waals surface area contributed by atoms with Gasteiger partial charge in [-0.3, -0.25) is 4.79 Å². The van der Waals surface area contributed by atoms with Crippen molar-refractivity contribution in [2.45, 2.75) is 19.9 Å². The summed E-state index contributed by atoms with van der Waals surface area (Å²) in [5, 5.41) is 8.23. The molecule has 0 spiro atoms. The SMILES string of the molecule is C1=C(C2=COCO2)OCO1.CC(C)[C@H](N)C(=O)O.Cl. The summed E-state index contributed by atoms with van der Waals surface area (Å²) in [6.45, 7) is 4.07. The molecule has 19 heavy (non-hydrogen) atoms. The number of nitrogens with two attached hydrogens (primary N) is 1. The van der Waals surface area contributed by atoms with Crippen molar-refractivity contribution in [1.82, 2.24) is 0 Å². The molecule has 0 aromatic heterocycles. The lowest BCUT2D eigenvalue weighted by molar-refractivity contribution is -0.139. The van der Waals surface area contributed by atoms with E-state index in [-0.39, 0.29) is 31.9 Å². The third-order valence-corrected chi connectivity index (χ3v) is 2.19. The van der Waals surface area contributed by atoms with Crippen LogP contribution in [0.25, 0.3) is 0 Å². The lowest BCUT2D eigenvalue weighted by Crippen LogP contribution is -2.34. The van der Waals surface area contributed by atoms with Gasteiger partial charge in [0.2, 0.25) is 25.1 Å². The van der Waals surface area contributed by atoms with Gasteiger partial charge in [0.15, 0.2) is 0 Å². The number of hydrogen-bond acceptors (Lipinski definition) is 6. The number of hydrogen-bond donors (Lipinski definition) is 2. The highest BCUT2D eigenvalue weighted by Gasteiger charge is 2.17. The summed E-state index contributed by atoms with van der Waals surface area (Å²) in [7, 11) is 0. The largest absolute Gasteiger partial charge is 0.480 e. The molecule has 1 atom stereocenters. The molecule has 0 saturated heterocycles. The Balaban J connectivity index is 0.000000335. The van der Waals surface area contributed by atoms with Crippen molar-refractivity contribution in [3.63, 3.8) is 0 Å². The van der Waals surface area contributed by atoms with Gasteiger partial charge in [0.1, 0.15) is 18.6 Å². The van der Waals surface area contributed by atoms with E-state index in [1.165, 1.54) is 12.5 Å². The minimum Gasteiger partial charge on any atom is -0.480 e. The highest BCUT2D eigenvalue weighted by molar-refractivity contribution is 5.85. The summed E-state index contributed by atoms with van der Waals surface area (Å²) in [4.78, 5) is 10.0. The molecule has 0 bridgehead atoms. The minimum absolute atomic E-state index is 0. The first kappa shape index (κ1) is 17.4. The van der Waals surface area contributed by atoms with Crippen molar-refractivity contribution in [3.05, 3.63) is 24.0 Å². The molecular weight excluding hydrogens is 278 g/mol. The smallest absolute Gasteiger partial charge is 0.320 e. The second-order valence-corrected chi connectivity index (χ2v) is 3.93. The second kappa shape index (κ2) is 8.49. The summed E-state index contributed by atoms with van der Waals surface area (Å²) >= 11 is 0. The topological polar surface area (TPSA) is 100 Å². The fourth-order valence-electron chi connectivity index (χ4n) is 1.03. The molecule has 0 saturated carbocycles. The van der Waals surface area contributed by atoms with E-state index in [0.717, 1.165) is 0 Å². The zero-order valence-corrected chi connectivity index (χ0v) is 11.5. The van der Waals surface area contributed by atoms with E-state index in [0.29, 0.717) is 11.5 Å². The first-order chi connectivity index (χ1) is 8.52. The number of carboxylic acid groups (broad SMARTS) is 1. The number of halogens is 1. The Labute approximate surface area is 117 Å². The summed E-state index contributed by atoms with van der Waals surface area (Å²) in [6.07, 6.45) is 3.00. The third-order valence-electron chi connectivity index (χ3n) is 2.19. The molecule has 0 unspecified atom stereocenters. The third kappa shape index (κ3) is 5.71. The Morgan fingerprint density at radius 1 is 1.21 bits per heavy atom. The van der Waals surface area contributed by atoms with E-state index >= 15 is 0 Å². The Morgan fingerprint density at radius 2 is 1.63 bits per heavy atom. The average molecular weight is 296 g/mol. The lowest BCUT2D eigenvalue weighted by Gasteiger charge is -2.07. The highest BCUT2D eigenvalue weighted by atomic mass is 35.5. The van der Waals surface area contributed by atoms with Crippen molar-refractivity contribution in [2.75, 3.05) is 13.6 Å². The average Bonchev–Trinajstić information content (AvgIpc) is 3.00. The Kier molecular flexibility index (Phi) is 7.78. The van der Waals surface area contributed by atoms with Gasteiger partial charge in [-0.1, -0.05) is 13.8 Å². The molecule has 2 aliphatic rings. The molecule has 0 aromatic rings. The van der Waals surface area contributed by atoms with Crippen molar-refractivity contribution in [1.29, 1.82) is 0 Å². The maximum absolute atomic E-state index is 10.0. The number of ether oxygens (including phenoxy) is 4. The molecule has 0 amide bonds. The predicted octanol–water partition coefficient (Wildman–Crippen LogP) is 1.15. The van der Waals surface area contributed by atoms with Crippen LogP contribution in [0.2, 0.25) is 0 Å². The minimum atomic E-state index is -0.931. The van der Waals surface area contributed by atoms with Crippen molar-refractivity contribution in [2.24, 2.45) is 11.7 Å². The van der Waals surface area contributed by atoms with Crippen LogP contribution in [0.5, 0.6) is 0 Å². The van der Waals surface area contributed by atoms with Crippen LogP contribution < -0.4 is 5.73 Å². The van der Waals surface area contributed by atoms with Crippen LogP contribution >= 0.6 is 12.4 Å². The molecule has 0 fully saturated rings. The van der Waals surface area contributed by atoms with E-state index in [4.69, 9.17) is 29.8 Å². The van der Waals surface area contributed by atoms with E-state index in [1.54, 1.807) is 13.8 Å². The van der Waals surface area contributed by atoms with Gasteiger partial charge in [-0.25, -0.2) is 0 Å². The maximum atomic E-state index is 10.0. The summed E-state index contributed by atoms with van der Waals surface area (Å²) in [6, 6.07) is -0.713. The van der Waals surface area contributed by atoms with Crippen LogP contribution in [0.4, 0.5) is 0 Å². The number of carbonyl (C=O) groups is 1. The van der Waals surface area contributed by atoms with Gasteiger partial charge in [0.25, 0.3) is 0 Å². The molecule has 2 heterocycles. The molecule has 2 rings (SSSR count). The fourth-order valence-corrected chi connectivity index (χ4v) is 1.03. The Morgan fingerprint density at radius 3 is 1.79 bits per heavy atom. The van der Waals surface area contributed by atoms with E-state index < -0.39 is 12.0 Å². The van der Waals surface area contributed by atoms with Gasteiger partial charge in [-0.15, -0.1) is 12.4 Å². The van der Waals surface area contributed by atoms with Crippen molar-refractivity contribution in [3.8, 4) is 0 Å². The monoisotopic (exact) mass is 295 g/mol. The zero-order valence-electron chi connectivity index (χ0n) is 10.7. The van der Waals surface area contributed by atoms with Crippen molar-refractivity contribution >= 4 is 18.4 Å². The fraction of sp³-hybridized carbons (Fsp3) is 0.545. The Hall–Kier alpha value is -1.60. The van der Waals surface area contributed by atoms with Crippen LogP contribution in [0.3, 0.4) is 0 Å². The predicted molar refractivity (Wildman–Crippen MR) is 67.9 cm³/mol. The normalized spacial score (nSPS) is 17.3. The second-order valence-electron chi connectivity index (χ2n) is 3.93. The molecule has 0 aliphatic carbocycles. The van der Waals surface area contributed by atoms with Gasteiger partial charge in [0.05, 0.1) is 0 Å². The van der Waals surface area contributed by atoms with Crippen molar-refractivity contribution < 1.29 is 28.8 Å². The van der Waals surface area contributed by atoms with Gasteiger partial charge < -0.3 is 29.8 Å². The summed E-state index contributed by atoms with van der Waals surface area (Å²) in [5.41, 5.74) is 5.16. The molecule has 0 aromatic carbocycles. The molecule has 8 heteroatoms. The molecule has 3 N–H and O–H groups in total. The van der Waals surface area contributed by atoms with Crippen LogP contribution in [0, 0.1) is 5.92 Å². The first-order valence-corrected chi connectivity index (χ1v) is 5.40. The van der Waals surface area contributed by atoms with E-state index in [1.807, 2.05) is 0 Å². The van der Waals surface area contributed by atoms with E-state index in [9.17, 15) is 4.79 Å². The standard InChI is InChI=1S/C6H6O4.C5H11NO2.ClH/c1-5(9-3-7-1)6-2-8-4-10-6;1-3(2)4(6)5(7)8;/h1-2H,3-4H2;3-4H,6H2,1-2H3,(H,7,8);1H/t;4-;/m.0./s1. The maximum Gasteiger partial charge on any atom is 0.320 e. The van der Waals surface area contributed by atoms with Gasteiger partial charge in [-0.2, -0.15) is 0 Å². The van der Waals surface area contributed by atoms with Gasteiger partial charge >= 0.3 is 5.97 Å². The molecule has 0 radical (unpaired) electrons. The number of aliphatic carboxylic acids is 1. The lowest BCUT2D eigenvalue weighted by atomic mass is 10.1. The first-order valence-electron chi connectivity index (χ1n) is 5.40. The molecule has 7 nitrogen and oxygen atoms in total. The van der Waals surface area contributed by atoms with E-state index in [2.05, 4.69) is 0 Å². The number of carboxylic acids is 1. The Bertz CT molecular complexity index is 333. The van der Waals surface area contributed by atoms with Crippen LogP contribution in [0.1, 0.15) is 13.8 Å². The van der Waals surface area contributed by atoms with Gasteiger partial charge in [0, 0.05) is 0 Å². The summed E-state index contributed by atoms with van der Waals surface area (Å²) in [5.74, 6) is 0.280.